The zero-order valence-corrected chi connectivity index (χ0v) is 11.8. The molecule has 1 aromatic rings. The first-order valence-electron chi connectivity index (χ1n) is 5.80. The number of benzene rings is 1. The lowest BCUT2D eigenvalue weighted by Crippen LogP contribution is -2.35. The van der Waals surface area contributed by atoms with E-state index in [0.29, 0.717) is 5.69 Å². The molecule has 106 valence electrons. The summed E-state index contributed by atoms with van der Waals surface area (Å²) in [5, 5.41) is 13.8. The van der Waals surface area contributed by atoms with Crippen molar-refractivity contribution in [1.29, 1.82) is 5.26 Å². The smallest absolute Gasteiger partial charge is 0.339 e. The van der Waals surface area contributed by atoms with Gasteiger partial charge in [-0.1, -0.05) is 11.6 Å². The Morgan fingerprint density at radius 2 is 2.20 bits per heavy atom. The van der Waals surface area contributed by atoms with Crippen molar-refractivity contribution in [3.63, 3.8) is 0 Å². The van der Waals surface area contributed by atoms with E-state index in [-0.39, 0.29) is 23.0 Å². The van der Waals surface area contributed by atoms with E-state index in [1.807, 2.05) is 6.07 Å². The maximum absolute atomic E-state index is 11.6. The molecule has 0 fully saturated rings. The van der Waals surface area contributed by atoms with Crippen LogP contribution in [0.3, 0.4) is 0 Å². The molecule has 1 atom stereocenters. The molecule has 6 nitrogen and oxygen atoms in total. The predicted molar refractivity (Wildman–Crippen MR) is 74.6 cm³/mol. The van der Waals surface area contributed by atoms with E-state index < -0.39 is 12.0 Å². The van der Waals surface area contributed by atoms with Gasteiger partial charge in [0.25, 0.3) is 0 Å². The Kier molecular flexibility index (Phi) is 5.81. The van der Waals surface area contributed by atoms with Crippen molar-refractivity contribution in [2.45, 2.75) is 19.4 Å². The van der Waals surface area contributed by atoms with Crippen LogP contribution >= 0.6 is 11.6 Å². The molecule has 0 bridgehead atoms. The highest BCUT2D eigenvalue weighted by Crippen LogP contribution is 2.21. The number of carbonyl (C=O) groups is 2. The van der Waals surface area contributed by atoms with Gasteiger partial charge in [0.2, 0.25) is 0 Å². The molecule has 1 rings (SSSR count). The van der Waals surface area contributed by atoms with E-state index in [9.17, 15) is 9.59 Å². The predicted octanol–water partition coefficient (Wildman–Crippen LogP) is 2.55. The molecule has 0 unspecified atom stereocenters. The summed E-state index contributed by atoms with van der Waals surface area (Å²) in [4.78, 5) is 23.0. The van der Waals surface area contributed by atoms with Crippen LogP contribution in [0.2, 0.25) is 5.02 Å². The van der Waals surface area contributed by atoms with E-state index in [1.165, 1.54) is 25.3 Å². The van der Waals surface area contributed by atoms with Crippen LogP contribution in [0.25, 0.3) is 0 Å². The van der Waals surface area contributed by atoms with Crippen LogP contribution in [0, 0.1) is 11.3 Å². The zero-order chi connectivity index (χ0) is 15.1. The maximum Gasteiger partial charge on any atom is 0.339 e. The molecule has 0 heterocycles. The first-order valence-corrected chi connectivity index (χ1v) is 6.18. The van der Waals surface area contributed by atoms with Gasteiger partial charge in [0.05, 0.1) is 30.2 Å². The Bertz CT molecular complexity index is 554. The molecule has 0 aliphatic heterocycles. The van der Waals surface area contributed by atoms with Gasteiger partial charge in [-0.25, -0.2) is 9.59 Å². The summed E-state index contributed by atoms with van der Waals surface area (Å²) in [5.41, 5.74) is 0.655. The minimum atomic E-state index is -0.548. The summed E-state index contributed by atoms with van der Waals surface area (Å²) in [6.07, 6.45) is 0.218. The van der Waals surface area contributed by atoms with Crippen molar-refractivity contribution in [3.8, 4) is 6.07 Å². The first kappa shape index (κ1) is 15.8. The summed E-state index contributed by atoms with van der Waals surface area (Å²) in [6, 6.07) is 5.69. The van der Waals surface area contributed by atoms with Gasteiger partial charge in [0.15, 0.2) is 0 Å². The molecule has 0 radical (unpaired) electrons. The van der Waals surface area contributed by atoms with Gasteiger partial charge < -0.3 is 15.4 Å². The molecule has 2 amide bonds. The van der Waals surface area contributed by atoms with Crippen LogP contribution in [-0.2, 0) is 4.74 Å². The molecule has 2 N–H and O–H groups in total. The fourth-order valence-electron chi connectivity index (χ4n) is 1.45. The van der Waals surface area contributed by atoms with E-state index in [2.05, 4.69) is 15.4 Å². The van der Waals surface area contributed by atoms with Gasteiger partial charge in [0.1, 0.15) is 0 Å². The van der Waals surface area contributed by atoms with E-state index in [0.717, 1.165) is 0 Å². The Morgan fingerprint density at radius 3 is 2.75 bits per heavy atom. The van der Waals surface area contributed by atoms with E-state index in [1.54, 1.807) is 6.92 Å². The molecule has 0 aromatic heterocycles. The topological polar surface area (TPSA) is 91.2 Å². The average Bonchev–Trinajstić information content (AvgIpc) is 2.38. The molecular weight excluding hydrogens is 282 g/mol. The summed E-state index contributed by atoms with van der Waals surface area (Å²) < 4.78 is 4.56. The van der Waals surface area contributed by atoms with E-state index >= 15 is 0 Å². The first-order chi connectivity index (χ1) is 9.47. The Labute approximate surface area is 121 Å². The number of hydrogen-bond donors (Lipinski definition) is 2. The van der Waals surface area contributed by atoms with Crippen molar-refractivity contribution in [3.05, 3.63) is 28.8 Å². The number of esters is 1. The third-order valence-corrected chi connectivity index (χ3v) is 2.72. The number of rotatable bonds is 4. The highest BCUT2D eigenvalue weighted by Gasteiger charge is 2.12. The molecule has 20 heavy (non-hydrogen) atoms. The van der Waals surface area contributed by atoms with Crippen molar-refractivity contribution < 1.29 is 14.3 Å². The Hall–Kier alpha value is -2.26. The molecule has 0 spiro atoms. The maximum atomic E-state index is 11.6. The van der Waals surface area contributed by atoms with Crippen LogP contribution in [-0.4, -0.2) is 25.2 Å². The van der Waals surface area contributed by atoms with Gasteiger partial charge in [-0.3, -0.25) is 0 Å². The fraction of sp³-hybridized carbons (Fsp3) is 0.308. The second kappa shape index (κ2) is 7.36. The fourth-order valence-corrected chi connectivity index (χ4v) is 1.70. The second-order valence-corrected chi connectivity index (χ2v) is 4.46. The SMILES string of the molecule is COC(=O)c1ccc(NC(=O)N[C@H](C)CC#N)cc1Cl. The zero-order valence-electron chi connectivity index (χ0n) is 11.1. The number of nitrogens with one attached hydrogen (secondary N) is 2. The van der Waals surface area contributed by atoms with Gasteiger partial charge >= 0.3 is 12.0 Å². The average molecular weight is 296 g/mol. The molecule has 0 saturated heterocycles. The molecule has 1 aromatic carbocycles. The third-order valence-electron chi connectivity index (χ3n) is 2.41. The summed E-state index contributed by atoms with van der Waals surface area (Å²) >= 11 is 5.93. The van der Waals surface area contributed by atoms with Gasteiger partial charge in [-0.05, 0) is 25.1 Å². The Morgan fingerprint density at radius 1 is 1.50 bits per heavy atom. The number of methoxy groups -OCH3 is 1. The van der Waals surface area contributed by atoms with Gasteiger partial charge in [0, 0.05) is 11.7 Å². The van der Waals surface area contributed by atoms with Crippen LogP contribution in [0.15, 0.2) is 18.2 Å². The lowest BCUT2D eigenvalue weighted by atomic mass is 10.2. The number of nitrogens with zero attached hydrogens (tertiary/aromatic N) is 1. The van der Waals surface area contributed by atoms with Crippen LogP contribution in [0.4, 0.5) is 10.5 Å². The summed E-state index contributed by atoms with van der Waals surface area (Å²) in [5.74, 6) is -0.548. The monoisotopic (exact) mass is 295 g/mol. The van der Waals surface area contributed by atoms with Crippen LogP contribution < -0.4 is 10.6 Å². The Balaban J connectivity index is 2.70. The number of halogens is 1. The standard InChI is InChI=1S/C13H14ClN3O3/c1-8(5-6-15)16-13(19)17-9-3-4-10(11(14)7-9)12(18)20-2/h3-4,7-8H,5H2,1-2H3,(H2,16,17,19)/t8-/m1/s1. The number of urea groups is 1. The third kappa shape index (κ3) is 4.44. The highest BCUT2D eigenvalue weighted by molar-refractivity contribution is 6.33. The number of hydrogen-bond acceptors (Lipinski definition) is 4. The molecule has 7 heteroatoms. The minimum Gasteiger partial charge on any atom is -0.465 e. The number of nitriles is 1. The minimum absolute atomic E-state index is 0.180. The normalized spacial score (nSPS) is 11.1. The van der Waals surface area contributed by atoms with Crippen molar-refractivity contribution >= 4 is 29.3 Å². The summed E-state index contributed by atoms with van der Waals surface area (Å²) in [6.45, 7) is 1.72. The van der Waals surface area contributed by atoms with Crippen molar-refractivity contribution in [2.75, 3.05) is 12.4 Å². The summed E-state index contributed by atoms with van der Waals surface area (Å²) in [7, 11) is 1.26. The van der Waals surface area contributed by atoms with Crippen molar-refractivity contribution in [2.24, 2.45) is 0 Å². The van der Waals surface area contributed by atoms with Crippen LogP contribution in [0.1, 0.15) is 23.7 Å². The molecular formula is C13H14ClN3O3. The lowest BCUT2D eigenvalue weighted by Gasteiger charge is -2.12. The highest BCUT2D eigenvalue weighted by atomic mass is 35.5. The molecule has 0 saturated carbocycles. The second-order valence-electron chi connectivity index (χ2n) is 4.05. The van der Waals surface area contributed by atoms with Crippen molar-refractivity contribution in [1.82, 2.24) is 5.32 Å². The van der Waals surface area contributed by atoms with Gasteiger partial charge in [-0.15, -0.1) is 0 Å². The van der Waals surface area contributed by atoms with Gasteiger partial charge in [-0.2, -0.15) is 5.26 Å². The largest absolute Gasteiger partial charge is 0.465 e. The van der Waals surface area contributed by atoms with E-state index in [4.69, 9.17) is 16.9 Å². The number of amides is 2. The van der Waals surface area contributed by atoms with Crippen LogP contribution in [0.5, 0.6) is 0 Å². The quantitative estimate of drug-likeness (QED) is 0.835. The molecule has 0 aliphatic rings. The molecule has 0 aliphatic carbocycles. The number of anilines is 1. The number of carbonyl (C=O) groups excluding carboxylic acids is 2. The lowest BCUT2D eigenvalue weighted by molar-refractivity contribution is 0.0601. The number of ether oxygens (including phenoxy) is 1.